The van der Waals surface area contributed by atoms with Gasteiger partial charge in [-0.05, 0) is 67.9 Å². The zero-order valence-corrected chi connectivity index (χ0v) is 17.5. The molecule has 160 valence electrons. The molecular weight excluding hydrogens is 408 g/mol. The number of rotatable bonds is 6. The molecule has 3 aromatic rings. The van der Waals surface area contributed by atoms with Crippen molar-refractivity contribution in [3.8, 4) is 11.8 Å². The van der Waals surface area contributed by atoms with Gasteiger partial charge < -0.3 is 14.3 Å². The Labute approximate surface area is 184 Å². The lowest BCUT2D eigenvalue weighted by Crippen LogP contribution is -2.31. The highest BCUT2D eigenvalue weighted by molar-refractivity contribution is 6.20. The first-order chi connectivity index (χ1) is 15.4. The molecule has 7 nitrogen and oxygen atoms in total. The lowest BCUT2D eigenvalue weighted by atomic mass is 9.94. The zero-order chi connectivity index (χ0) is 22.8. The molecule has 0 fully saturated rings. The van der Waals surface area contributed by atoms with Crippen LogP contribution in [0.5, 0.6) is 5.75 Å². The number of furan rings is 1. The van der Waals surface area contributed by atoms with E-state index in [0.29, 0.717) is 22.6 Å². The fraction of sp³-hybridized carbons (Fsp3) is 0.160. The summed E-state index contributed by atoms with van der Waals surface area (Å²) in [4.78, 5) is 27.6. The number of hydrogen-bond acceptors (Lipinski definition) is 6. The van der Waals surface area contributed by atoms with Gasteiger partial charge in [0.25, 0.3) is 5.91 Å². The van der Waals surface area contributed by atoms with E-state index in [2.05, 4.69) is 0 Å². The first-order valence-corrected chi connectivity index (χ1v) is 10.0. The van der Waals surface area contributed by atoms with E-state index in [4.69, 9.17) is 14.4 Å². The monoisotopic (exact) mass is 428 g/mol. The van der Waals surface area contributed by atoms with Crippen molar-refractivity contribution in [2.45, 2.75) is 26.0 Å². The minimum absolute atomic E-state index is 0.0101. The number of benzene rings is 2. The van der Waals surface area contributed by atoms with Crippen LogP contribution >= 0.6 is 0 Å². The molecule has 32 heavy (non-hydrogen) atoms. The van der Waals surface area contributed by atoms with Crippen molar-refractivity contribution in [1.29, 1.82) is 5.26 Å². The van der Waals surface area contributed by atoms with Crippen LogP contribution in [-0.4, -0.2) is 22.9 Å². The van der Waals surface area contributed by atoms with Gasteiger partial charge in [-0.15, -0.1) is 0 Å². The molecule has 2 aromatic carbocycles. The number of hydrogen-bond donors (Lipinski definition) is 1. The van der Waals surface area contributed by atoms with Gasteiger partial charge in [-0.3, -0.25) is 14.5 Å². The predicted molar refractivity (Wildman–Crippen MR) is 116 cm³/mol. The second kappa shape index (κ2) is 8.44. The summed E-state index contributed by atoms with van der Waals surface area (Å²) in [7, 11) is 0. The van der Waals surface area contributed by atoms with Crippen molar-refractivity contribution in [3.63, 3.8) is 0 Å². The van der Waals surface area contributed by atoms with Gasteiger partial charge in [0.1, 0.15) is 5.75 Å². The van der Waals surface area contributed by atoms with Gasteiger partial charge in [-0.1, -0.05) is 12.1 Å². The van der Waals surface area contributed by atoms with Gasteiger partial charge in [0.05, 0.1) is 35.6 Å². The third-order valence-corrected chi connectivity index (χ3v) is 5.04. The van der Waals surface area contributed by atoms with Crippen LogP contribution in [0.15, 0.2) is 82.7 Å². The Bertz CT molecular complexity index is 1220. The van der Waals surface area contributed by atoms with E-state index in [0.717, 1.165) is 0 Å². The lowest BCUT2D eigenvalue weighted by Gasteiger charge is -2.27. The highest BCUT2D eigenvalue weighted by atomic mass is 16.5. The SMILES string of the molecule is CC(C)Oc1ccc(C2C(C(=O)c3ccco3)=C(O)C(=O)N2c2ccc(C#N)cc2)cc1. The molecule has 0 bridgehead atoms. The van der Waals surface area contributed by atoms with Crippen LogP contribution in [0.4, 0.5) is 5.69 Å². The molecule has 1 unspecified atom stereocenters. The second-order valence-corrected chi connectivity index (χ2v) is 7.54. The molecular formula is C25H20N2O5. The third-order valence-electron chi connectivity index (χ3n) is 5.04. The number of amides is 1. The van der Waals surface area contributed by atoms with Crippen LogP contribution in [0, 0.1) is 11.3 Å². The summed E-state index contributed by atoms with van der Waals surface area (Å²) >= 11 is 0. The Kier molecular flexibility index (Phi) is 5.52. The third kappa shape index (κ3) is 3.74. The van der Waals surface area contributed by atoms with Gasteiger partial charge in [0.15, 0.2) is 11.5 Å². The average Bonchev–Trinajstić information content (AvgIpc) is 3.41. The predicted octanol–water partition coefficient (Wildman–Crippen LogP) is 4.72. The standard InChI is InChI=1S/C25H20N2O5/c1-15(2)32-19-11-7-17(8-12-19)22-21(23(28)20-4-3-13-31-20)24(29)25(30)27(22)18-9-5-16(14-26)6-10-18/h3-13,15,22,29H,1-2H3. The van der Waals surface area contributed by atoms with E-state index < -0.39 is 23.5 Å². The first kappa shape index (κ1) is 20.9. The Morgan fingerprint density at radius 2 is 1.81 bits per heavy atom. The highest BCUT2D eigenvalue weighted by Gasteiger charge is 2.45. The molecule has 7 heteroatoms. The maximum Gasteiger partial charge on any atom is 0.294 e. The fourth-order valence-electron chi connectivity index (χ4n) is 3.66. The zero-order valence-electron chi connectivity index (χ0n) is 17.5. The quantitative estimate of drug-likeness (QED) is 0.570. The number of anilines is 1. The molecule has 1 N–H and O–H groups in total. The van der Waals surface area contributed by atoms with Crippen molar-refractivity contribution >= 4 is 17.4 Å². The summed E-state index contributed by atoms with van der Waals surface area (Å²) < 4.78 is 10.9. The van der Waals surface area contributed by atoms with Crippen LogP contribution in [0.3, 0.4) is 0 Å². The van der Waals surface area contributed by atoms with E-state index in [1.165, 1.54) is 17.2 Å². The number of carbonyl (C=O) groups is 2. The Morgan fingerprint density at radius 1 is 1.12 bits per heavy atom. The number of carbonyl (C=O) groups excluding carboxylic acids is 2. The Balaban J connectivity index is 1.82. The van der Waals surface area contributed by atoms with E-state index >= 15 is 0 Å². The number of aliphatic hydroxyl groups excluding tert-OH is 1. The summed E-state index contributed by atoms with van der Waals surface area (Å²) in [6.07, 6.45) is 1.34. The van der Waals surface area contributed by atoms with Crippen molar-refractivity contribution in [1.82, 2.24) is 0 Å². The summed E-state index contributed by atoms with van der Waals surface area (Å²) in [5.74, 6) is -1.26. The number of ketones is 1. The molecule has 4 rings (SSSR count). The van der Waals surface area contributed by atoms with Gasteiger partial charge >= 0.3 is 0 Å². The Morgan fingerprint density at radius 3 is 2.38 bits per heavy atom. The molecule has 1 amide bonds. The molecule has 0 aliphatic carbocycles. The summed E-state index contributed by atoms with van der Waals surface area (Å²) in [5, 5.41) is 19.8. The largest absolute Gasteiger partial charge is 0.503 e. The molecule has 1 atom stereocenters. The molecule has 1 aliphatic heterocycles. The van der Waals surface area contributed by atoms with Crippen LogP contribution < -0.4 is 9.64 Å². The van der Waals surface area contributed by atoms with Gasteiger partial charge in [-0.2, -0.15) is 5.26 Å². The topological polar surface area (TPSA) is 104 Å². The van der Waals surface area contributed by atoms with Gasteiger partial charge in [0.2, 0.25) is 5.78 Å². The number of aliphatic hydroxyl groups is 1. The Hall–Kier alpha value is -4.31. The molecule has 2 heterocycles. The number of nitrogens with zero attached hydrogens (tertiary/aromatic N) is 2. The minimum Gasteiger partial charge on any atom is -0.503 e. The summed E-state index contributed by atoms with van der Waals surface area (Å²) in [6.45, 7) is 3.83. The number of Topliss-reactive ketones (excluding diaryl/α,β-unsaturated/α-hetero) is 1. The van der Waals surface area contributed by atoms with Crippen molar-refractivity contribution < 1.29 is 23.8 Å². The molecule has 1 aliphatic rings. The van der Waals surface area contributed by atoms with E-state index in [9.17, 15) is 14.7 Å². The second-order valence-electron chi connectivity index (χ2n) is 7.54. The average molecular weight is 428 g/mol. The van der Waals surface area contributed by atoms with E-state index in [1.54, 1.807) is 54.6 Å². The number of nitriles is 1. The highest BCUT2D eigenvalue weighted by Crippen LogP contribution is 2.42. The van der Waals surface area contributed by atoms with Crippen LogP contribution in [0.2, 0.25) is 0 Å². The number of ether oxygens (including phenoxy) is 1. The first-order valence-electron chi connectivity index (χ1n) is 10.0. The molecule has 0 spiro atoms. The van der Waals surface area contributed by atoms with Crippen molar-refractivity contribution in [3.05, 3.63) is 95.1 Å². The molecule has 0 radical (unpaired) electrons. The van der Waals surface area contributed by atoms with Crippen LogP contribution in [0.1, 0.15) is 41.6 Å². The maximum atomic E-state index is 13.2. The molecule has 0 saturated carbocycles. The summed E-state index contributed by atoms with van der Waals surface area (Å²) in [5.41, 5.74) is 1.40. The smallest absolute Gasteiger partial charge is 0.294 e. The maximum absolute atomic E-state index is 13.2. The lowest BCUT2D eigenvalue weighted by molar-refractivity contribution is -0.117. The normalized spacial score (nSPS) is 15.9. The van der Waals surface area contributed by atoms with Crippen molar-refractivity contribution in [2.24, 2.45) is 0 Å². The van der Waals surface area contributed by atoms with Crippen molar-refractivity contribution in [2.75, 3.05) is 4.90 Å². The van der Waals surface area contributed by atoms with E-state index in [1.807, 2.05) is 19.9 Å². The minimum atomic E-state index is -0.888. The van der Waals surface area contributed by atoms with Gasteiger partial charge in [-0.25, -0.2) is 0 Å². The van der Waals surface area contributed by atoms with Gasteiger partial charge in [0, 0.05) is 5.69 Å². The molecule has 0 saturated heterocycles. The van der Waals surface area contributed by atoms with E-state index in [-0.39, 0.29) is 17.4 Å². The summed E-state index contributed by atoms with van der Waals surface area (Å²) in [6, 6.07) is 17.5. The van der Waals surface area contributed by atoms with Crippen LogP contribution in [-0.2, 0) is 4.79 Å². The van der Waals surface area contributed by atoms with Crippen LogP contribution in [0.25, 0.3) is 0 Å². The molecule has 1 aromatic heterocycles. The fourth-order valence-corrected chi connectivity index (χ4v) is 3.66.